The van der Waals surface area contributed by atoms with Crippen molar-refractivity contribution in [3.05, 3.63) is 52.6 Å². The van der Waals surface area contributed by atoms with E-state index >= 15 is 0 Å². The number of nitrogens with zero attached hydrogens (tertiary/aromatic N) is 6. The number of β-lactam (4-membered cyclic amide) rings is 1. The van der Waals surface area contributed by atoms with Gasteiger partial charge in [0.05, 0.1) is 6.04 Å². The minimum Gasteiger partial charge on any atom is -0.508 e. The largest absolute Gasteiger partial charge is 0.508 e. The van der Waals surface area contributed by atoms with Crippen molar-refractivity contribution < 1.29 is 39.6 Å². The number of H-pyrrole nitrogens is 1. The molecule has 0 bridgehead atoms. The number of phenols is 1. The van der Waals surface area contributed by atoms with Crippen LogP contribution in [0.15, 0.2) is 40.7 Å². The molecule has 4 heterocycles. The van der Waals surface area contributed by atoms with Crippen LogP contribution in [0.25, 0.3) is 0 Å². The standard InChI is InChI=1S/C27H30N10O8S2/c1-10(2)7-14(28)19-31-27(36-34-19)47-9-12-8-46-24-17(23(42)37(24)18(12)25(43)44)30-20(39)15(11-3-5-13(38)6-4-11)29-21(40)16-22(41)32-26(45)35-33-16/h3-6,10,14-15,17,24,38H,7-9,28H2,1-2H3,(H,29,40)(H,30,39)(H,43,44)(H,31,34,36)(H2,32,35,41,45)/t14?,15?,17?,24-/m0/s1. The van der Waals surface area contributed by atoms with Gasteiger partial charge in [-0.2, -0.15) is 4.98 Å². The molecule has 9 N–H and O–H groups in total. The molecule has 0 radical (unpaired) electrons. The highest BCUT2D eigenvalue weighted by molar-refractivity contribution is 8.01. The van der Waals surface area contributed by atoms with Gasteiger partial charge in [0, 0.05) is 11.5 Å². The number of nitrogens with one attached hydrogen (secondary N) is 3. The summed E-state index contributed by atoms with van der Waals surface area (Å²) in [4.78, 5) is 60.8. The Morgan fingerprint density at radius 3 is 2.53 bits per heavy atom. The van der Waals surface area contributed by atoms with Crippen LogP contribution >= 0.6 is 23.5 Å². The maximum atomic E-state index is 13.5. The highest BCUT2D eigenvalue weighted by atomic mass is 32.2. The van der Waals surface area contributed by atoms with Crippen molar-refractivity contribution >= 4 is 47.2 Å². The second-order valence-corrected chi connectivity index (χ2v) is 13.0. The highest BCUT2D eigenvalue weighted by Crippen LogP contribution is 2.41. The smallest absolute Gasteiger partial charge is 0.352 e. The van der Waals surface area contributed by atoms with E-state index < -0.39 is 58.7 Å². The molecular formula is C27H30N10O8S2. The van der Waals surface area contributed by atoms with Crippen molar-refractivity contribution in [1.82, 2.24) is 45.9 Å². The predicted octanol–water partition coefficient (Wildman–Crippen LogP) is 0.154. The third-order valence-electron chi connectivity index (χ3n) is 7.12. The van der Waals surface area contributed by atoms with Gasteiger partial charge in [-0.3, -0.25) is 24.4 Å². The number of carboxylic acids is 1. The molecule has 47 heavy (non-hydrogen) atoms. The molecule has 4 atom stereocenters. The maximum Gasteiger partial charge on any atom is 0.352 e. The summed E-state index contributed by atoms with van der Waals surface area (Å²) in [5.74, 6) is -3.66. The normalized spacial score (nSPS) is 18.7. The van der Waals surface area contributed by atoms with Gasteiger partial charge in [0.1, 0.15) is 34.7 Å². The molecule has 20 heteroatoms. The molecule has 1 aromatic carbocycles. The van der Waals surface area contributed by atoms with E-state index in [1.54, 1.807) is 0 Å². The number of thioether (sulfide) groups is 2. The van der Waals surface area contributed by atoms with Crippen molar-refractivity contribution in [3.8, 4) is 17.6 Å². The van der Waals surface area contributed by atoms with Gasteiger partial charge in [0.25, 0.3) is 11.8 Å². The molecule has 248 valence electrons. The summed E-state index contributed by atoms with van der Waals surface area (Å²) in [6.45, 7) is 4.08. The topological polar surface area (TPSA) is 283 Å². The fourth-order valence-corrected chi connectivity index (χ4v) is 7.20. The summed E-state index contributed by atoms with van der Waals surface area (Å²) in [6.07, 6.45) is 0.705. The third-order valence-corrected chi connectivity index (χ3v) is 9.39. The number of carbonyl (C=O) groups is 4. The summed E-state index contributed by atoms with van der Waals surface area (Å²) < 4.78 is 0. The first-order valence-electron chi connectivity index (χ1n) is 14.1. The van der Waals surface area contributed by atoms with Gasteiger partial charge in [-0.25, -0.2) is 9.78 Å². The third kappa shape index (κ3) is 7.23. The second-order valence-electron chi connectivity index (χ2n) is 11.0. The number of carbonyl (C=O) groups excluding carboxylic acids is 3. The van der Waals surface area contributed by atoms with E-state index in [0.29, 0.717) is 28.9 Å². The molecule has 5 rings (SSSR count). The maximum absolute atomic E-state index is 13.5. The fraction of sp³-hybridized carbons (Fsp3) is 0.370. The Bertz CT molecular complexity index is 1730. The molecule has 3 unspecified atom stereocenters. The summed E-state index contributed by atoms with van der Waals surface area (Å²) in [5, 5.41) is 57.2. The van der Waals surface area contributed by atoms with Gasteiger partial charge in [-0.05, 0) is 35.6 Å². The van der Waals surface area contributed by atoms with Gasteiger partial charge in [0.15, 0.2) is 0 Å². The van der Waals surface area contributed by atoms with Gasteiger partial charge in [-0.1, -0.05) is 42.8 Å². The molecule has 0 spiro atoms. The van der Waals surface area contributed by atoms with Crippen molar-refractivity contribution in [1.29, 1.82) is 0 Å². The van der Waals surface area contributed by atoms with Crippen LogP contribution in [0.3, 0.4) is 0 Å². The number of carboxylic acid groups (broad SMARTS) is 1. The van der Waals surface area contributed by atoms with Crippen LogP contribution in [0, 0.1) is 5.92 Å². The summed E-state index contributed by atoms with van der Waals surface area (Å²) >= 11 is 2.45. The fourth-order valence-electron chi connectivity index (χ4n) is 4.91. The number of phenolic OH excluding ortho intramolecular Hbond substituents is 1. The average molecular weight is 687 g/mol. The molecule has 3 amide bonds. The van der Waals surface area contributed by atoms with Crippen LogP contribution in [0.2, 0.25) is 0 Å². The van der Waals surface area contributed by atoms with Crippen LogP contribution in [-0.4, -0.2) is 102 Å². The zero-order valence-corrected chi connectivity index (χ0v) is 26.4. The number of aromatic nitrogens is 6. The lowest BCUT2D eigenvalue weighted by molar-refractivity contribution is -0.151. The molecule has 18 nitrogen and oxygen atoms in total. The average Bonchev–Trinajstić information content (AvgIpc) is 3.50. The number of amides is 3. The summed E-state index contributed by atoms with van der Waals surface area (Å²) in [5.41, 5.74) is 5.95. The Morgan fingerprint density at radius 2 is 1.87 bits per heavy atom. The van der Waals surface area contributed by atoms with E-state index in [9.17, 15) is 39.6 Å². The molecule has 1 fully saturated rings. The Labute approximate surface area is 274 Å². The Kier molecular flexibility index (Phi) is 9.82. The van der Waals surface area contributed by atoms with Crippen LogP contribution in [0.1, 0.15) is 54.2 Å². The number of aromatic hydroxyl groups is 3. The number of nitrogens with two attached hydrogens (primary N) is 1. The lowest BCUT2D eigenvalue weighted by Crippen LogP contribution is -2.71. The minimum atomic E-state index is -1.46. The summed E-state index contributed by atoms with van der Waals surface area (Å²) in [6, 6.07) is 1.47. The van der Waals surface area contributed by atoms with Crippen molar-refractivity contribution in [2.24, 2.45) is 11.7 Å². The molecule has 2 aromatic heterocycles. The molecular weight excluding hydrogens is 656 g/mol. The van der Waals surface area contributed by atoms with Gasteiger partial charge in [-0.15, -0.1) is 22.0 Å². The quantitative estimate of drug-likeness (QED) is 0.0930. The highest BCUT2D eigenvalue weighted by Gasteiger charge is 2.54. The van der Waals surface area contributed by atoms with Crippen molar-refractivity contribution in [3.63, 3.8) is 0 Å². The van der Waals surface area contributed by atoms with E-state index in [1.165, 1.54) is 47.8 Å². The molecule has 1 saturated heterocycles. The van der Waals surface area contributed by atoms with E-state index in [1.807, 2.05) is 13.8 Å². The van der Waals surface area contributed by atoms with E-state index in [-0.39, 0.29) is 34.6 Å². The van der Waals surface area contributed by atoms with Crippen molar-refractivity contribution in [2.45, 2.75) is 48.9 Å². The van der Waals surface area contributed by atoms with Gasteiger partial charge in [0.2, 0.25) is 22.6 Å². The minimum absolute atomic E-state index is 0.117. The number of aliphatic carboxylic acids is 1. The first-order valence-corrected chi connectivity index (χ1v) is 16.1. The molecule has 3 aromatic rings. The second kappa shape index (κ2) is 13.8. The SMILES string of the molecule is CC(C)CC(N)c1nc(SCC2=C(C(=O)O)N3C(=O)C(NC(=O)C(NC(=O)c4nnc(O)nc4O)c4ccc(O)cc4)[C@@H]3SC2)n[nH]1. The Morgan fingerprint density at radius 1 is 1.15 bits per heavy atom. The van der Waals surface area contributed by atoms with Crippen LogP contribution < -0.4 is 16.4 Å². The lowest BCUT2D eigenvalue weighted by Gasteiger charge is -2.49. The number of benzene rings is 1. The van der Waals surface area contributed by atoms with E-state index in [4.69, 9.17) is 5.73 Å². The monoisotopic (exact) mass is 686 g/mol. The van der Waals surface area contributed by atoms with E-state index in [2.05, 4.69) is 41.0 Å². The van der Waals surface area contributed by atoms with Crippen LogP contribution in [0.4, 0.5) is 0 Å². The first-order chi connectivity index (χ1) is 22.3. The van der Waals surface area contributed by atoms with Gasteiger partial charge >= 0.3 is 12.0 Å². The number of aromatic amines is 1. The number of hydrogen-bond donors (Lipinski definition) is 8. The van der Waals surface area contributed by atoms with Crippen LogP contribution in [0.5, 0.6) is 17.6 Å². The number of rotatable bonds is 12. The Hall–Kier alpha value is -4.95. The molecule has 0 saturated carbocycles. The first kappa shape index (κ1) is 33.4. The Balaban J connectivity index is 1.30. The molecule has 0 aliphatic carbocycles. The van der Waals surface area contributed by atoms with Crippen LogP contribution in [-0.2, 0) is 14.4 Å². The van der Waals surface area contributed by atoms with Gasteiger partial charge < -0.3 is 36.8 Å². The molecule has 2 aliphatic heterocycles. The number of fused-ring (bicyclic) bond motifs is 1. The summed E-state index contributed by atoms with van der Waals surface area (Å²) in [7, 11) is 0. The number of hydrogen-bond acceptors (Lipinski definition) is 15. The molecule has 2 aliphatic rings. The van der Waals surface area contributed by atoms with E-state index in [0.717, 1.165) is 4.90 Å². The lowest BCUT2D eigenvalue weighted by atomic mass is 10.0. The predicted molar refractivity (Wildman–Crippen MR) is 165 cm³/mol. The zero-order valence-electron chi connectivity index (χ0n) is 24.8. The zero-order chi connectivity index (χ0) is 34.0. The van der Waals surface area contributed by atoms with Crippen molar-refractivity contribution in [2.75, 3.05) is 11.5 Å².